The summed E-state index contributed by atoms with van der Waals surface area (Å²) in [6.07, 6.45) is 3.33. The second-order valence-corrected chi connectivity index (χ2v) is 7.38. The van der Waals surface area contributed by atoms with Gasteiger partial charge in [-0.3, -0.25) is 10.1 Å². The lowest BCUT2D eigenvalue weighted by atomic mass is 10.2. The first-order chi connectivity index (χ1) is 11.2. The van der Waals surface area contributed by atoms with Crippen LogP contribution in [-0.2, 0) is 4.79 Å². The Labute approximate surface area is 140 Å². The molecule has 0 aromatic carbocycles. The van der Waals surface area contributed by atoms with Gasteiger partial charge in [-0.2, -0.15) is 0 Å². The van der Waals surface area contributed by atoms with Crippen LogP contribution in [0.15, 0.2) is 17.8 Å². The third-order valence-electron chi connectivity index (χ3n) is 3.82. The summed E-state index contributed by atoms with van der Waals surface area (Å²) in [6, 6.07) is 1.77. The maximum Gasteiger partial charge on any atom is 0.248 e. The van der Waals surface area contributed by atoms with Gasteiger partial charge in [-0.25, -0.2) is 9.97 Å². The molecule has 3 aromatic heterocycles. The Morgan fingerprint density at radius 3 is 3.13 bits per heavy atom. The van der Waals surface area contributed by atoms with E-state index in [2.05, 4.69) is 30.4 Å². The van der Waals surface area contributed by atoms with Crippen LogP contribution >= 0.6 is 22.7 Å². The van der Waals surface area contributed by atoms with Gasteiger partial charge in [-0.15, -0.1) is 21.5 Å². The smallest absolute Gasteiger partial charge is 0.248 e. The highest BCUT2D eigenvalue weighted by Crippen LogP contribution is 2.32. The van der Waals surface area contributed by atoms with Gasteiger partial charge >= 0.3 is 0 Å². The Hall–Kier alpha value is -2.13. The maximum absolute atomic E-state index is 12.6. The lowest BCUT2D eigenvalue weighted by molar-refractivity contribution is -0.117. The molecule has 0 radical (unpaired) electrons. The molecule has 9 heteroatoms. The Morgan fingerprint density at radius 1 is 1.39 bits per heavy atom. The van der Waals surface area contributed by atoms with Gasteiger partial charge in [0.2, 0.25) is 11.0 Å². The lowest BCUT2D eigenvalue weighted by Crippen LogP contribution is -2.40. The number of hydrogen-bond acceptors (Lipinski definition) is 8. The van der Waals surface area contributed by atoms with Crippen LogP contribution in [0.1, 0.15) is 17.8 Å². The normalized spacial score (nSPS) is 17.8. The van der Waals surface area contributed by atoms with Crippen molar-refractivity contribution in [3.8, 4) is 0 Å². The molecule has 0 bridgehead atoms. The molecule has 0 spiro atoms. The number of rotatable bonds is 3. The van der Waals surface area contributed by atoms with Gasteiger partial charge in [-0.1, -0.05) is 11.3 Å². The summed E-state index contributed by atoms with van der Waals surface area (Å²) in [5.74, 6) is 0.781. The standard InChI is InChI=1S/C14H14N6OS2/c1-8-18-19-14(23-8)17-12(21)10-3-2-5-20(10)11-9-4-6-22-13(9)16-7-15-11/h4,6-7,10H,2-3,5H2,1H3,(H,17,19,21)/t10-/m1/s1. The van der Waals surface area contributed by atoms with Crippen molar-refractivity contribution in [2.75, 3.05) is 16.8 Å². The maximum atomic E-state index is 12.6. The van der Waals surface area contributed by atoms with Crippen molar-refractivity contribution in [3.05, 3.63) is 22.8 Å². The van der Waals surface area contributed by atoms with Gasteiger partial charge in [0.25, 0.3) is 0 Å². The zero-order valence-corrected chi connectivity index (χ0v) is 14.0. The molecule has 0 aliphatic carbocycles. The highest BCUT2D eigenvalue weighted by Gasteiger charge is 2.33. The molecule has 1 aliphatic heterocycles. The van der Waals surface area contributed by atoms with Crippen molar-refractivity contribution in [2.24, 2.45) is 0 Å². The molecule has 1 fully saturated rings. The Kier molecular flexibility index (Phi) is 3.66. The third-order valence-corrected chi connectivity index (χ3v) is 5.40. The summed E-state index contributed by atoms with van der Waals surface area (Å²) in [7, 11) is 0. The number of aryl methyl sites for hydroxylation is 1. The average molecular weight is 346 g/mol. The predicted octanol–water partition coefficient (Wildman–Crippen LogP) is 2.46. The van der Waals surface area contributed by atoms with Crippen LogP contribution in [0.25, 0.3) is 10.2 Å². The van der Waals surface area contributed by atoms with E-state index in [1.165, 1.54) is 11.3 Å². The molecule has 1 atom stereocenters. The first-order valence-electron chi connectivity index (χ1n) is 7.28. The van der Waals surface area contributed by atoms with E-state index in [4.69, 9.17) is 0 Å². The summed E-state index contributed by atoms with van der Waals surface area (Å²) < 4.78 is 0. The molecule has 7 nitrogen and oxygen atoms in total. The second-order valence-electron chi connectivity index (χ2n) is 5.30. The minimum Gasteiger partial charge on any atom is -0.344 e. The van der Waals surface area contributed by atoms with Crippen LogP contribution in [0, 0.1) is 6.92 Å². The Balaban J connectivity index is 1.61. The van der Waals surface area contributed by atoms with Crippen LogP contribution < -0.4 is 10.2 Å². The van der Waals surface area contributed by atoms with Crippen LogP contribution in [0.4, 0.5) is 10.9 Å². The van der Waals surface area contributed by atoms with Gasteiger partial charge in [0.1, 0.15) is 28.0 Å². The summed E-state index contributed by atoms with van der Waals surface area (Å²) in [6.45, 7) is 2.68. The summed E-state index contributed by atoms with van der Waals surface area (Å²) in [5.41, 5.74) is 0. The largest absolute Gasteiger partial charge is 0.344 e. The van der Waals surface area contributed by atoms with Crippen molar-refractivity contribution >= 4 is 49.7 Å². The van der Waals surface area contributed by atoms with E-state index in [9.17, 15) is 4.79 Å². The summed E-state index contributed by atoms with van der Waals surface area (Å²) >= 11 is 2.96. The van der Waals surface area contributed by atoms with E-state index in [-0.39, 0.29) is 11.9 Å². The number of anilines is 2. The molecule has 0 saturated carbocycles. The first-order valence-corrected chi connectivity index (χ1v) is 8.98. The molecule has 1 saturated heterocycles. The van der Waals surface area contributed by atoms with Gasteiger partial charge in [0.05, 0.1) is 5.39 Å². The minimum atomic E-state index is -0.239. The number of aromatic nitrogens is 4. The number of nitrogens with zero attached hydrogens (tertiary/aromatic N) is 5. The second kappa shape index (κ2) is 5.82. The zero-order chi connectivity index (χ0) is 15.8. The van der Waals surface area contributed by atoms with Crippen LogP contribution in [0.2, 0.25) is 0 Å². The van der Waals surface area contributed by atoms with E-state index in [1.54, 1.807) is 17.7 Å². The van der Waals surface area contributed by atoms with E-state index >= 15 is 0 Å². The van der Waals surface area contributed by atoms with E-state index in [1.807, 2.05) is 18.4 Å². The fraction of sp³-hybridized carbons (Fsp3) is 0.357. The molecule has 1 N–H and O–H groups in total. The Morgan fingerprint density at radius 2 is 2.30 bits per heavy atom. The molecular formula is C14H14N6OS2. The highest BCUT2D eigenvalue weighted by atomic mass is 32.1. The minimum absolute atomic E-state index is 0.0550. The topological polar surface area (TPSA) is 83.9 Å². The third kappa shape index (κ3) is 2.66. The fourth-order valence-electron chi connectivity index (χ4n) is 2.83. The van der Waals surface area contributed by atoms with Crippen molar-refractivity contribution in [3.63, 3.8) is 0 Å². The van der Waals surface area contributed by atoms with Crippen molar-refractivity contribution in [1.29, 1.82) is 0 Å². The van der Waals surface area contributed by atoms with E-state index < -0.39 is 0 Å². The first kappa shape index (κ1) is 14.5. The van der Waals surface area contributed by atoms with Crippen LogP contribution in [0.3, 0.4) is 0 Å². The molecule has 118 valence electrons. The highest BCUT2D eigenvalue weighted by molar-refractivity contribution is 7.16. The van der Waals surface area contributed by atoms with Crippen LogP contribution in [0.5, 0.6) is 0 Å². The summed E-state index contributed by atoms with van der Waals surface area (Å²) in [5, 5.41) is 15.1. The van der Waals surface area contributed by atoms with Crippen LogP contribution in [-0.4, -0.2) is 38.7 Å². The van der Waals surface area contributed by atoms with Gasteiger partial charge in [0.15, 0.2) is 0 Å². The molecule has 3 aromatic rings. The molecule has 1 amide bonds. The Bertz CT molecular complexity index is 860. The summed E-state index contributed by atoms with van der Waals surface area (Å²) in [4.78, 5) is 24.3. The number of carbonyl (C=O) groups is 1. The van der Waals surface area contributed by atoms with E-state index in [0.717, 1.165) is 40.4 Å². The number of hydrogen-bond donors (Lipinski definition) is 1. The monoisotopic (exact) mass is 346 g/mol. The van der Waals surface area contributed by atoms with Crippen molar-refractivity contribution in [2.45, 2.75) is 25.8 Å². The van der Waals surface area contributed by atoms with Gasteiger partial charge < -0.3 is 4.90 Å². The van der Waals surface area contributed by atoms with Crippen molar-refractivity contribution in [1.82, 2.24) is 20.2 Å². The molecular weight excluding hydrogens is 332 g/mol. The van der Waals surface area contributed by atoms with Gasteiger partial charge in [-0.05, 0) is 31.2 Å². The quantitative estimate of drug-likeness (QED) is 0.784. The number of carbonyl (C=O) groups excluding carboxylic acids is 1. The predicted molar refractivity (Wildman–Crippen MR) is 91.1 cm³/mol. The molecule has 4 rings (SSSR count). The van der Waals surface area contributed by atoms with Gasteiger partial charge in [0, 0.05) is 6.54 Å². The fourth-order valence-corrected chi connectivity index (χ4v) is 4.16. The molecule has 1 aliphatic rings. The molecule has 0 unspecified atom stereocenters. The number of thiophene rings is 1. The SMILES string of the molecule is Cc1nnc(NC(=O)[C@H]2CCCN2c2ncnc3sccc23)s1. The number of fused-ring (bicyclic) bond motifs is 1. The average Bonchev–Trinajstić information content (AvgIpc) is 3.26. The lowest BCUT2D eigenvalue weighted by Gasteiger charge is -2.24. The number of amides is 1. The zero-order valence-electron chi connectivity index (χ0n) is 12.4. The molecule has 23 heavy (non-hydrogen) atoms. The molecule has 4 heterocycles. The number of nitrogens with one attached hydrogen (secondary N) is 1. The van der Waals surface area contributed by atoms with Crippen molar-refractivity contribution < 1.29 is 4.79 Å². The van der Waals surface area contributed by atoms with E-state index in [0.29, 0.717) is 5.13 Å².